The van der Waals surface area contributed by atoms with E-state index in [2.05, 4.69) is 29.0 Å². The molecule has 0 atom stereocenters. The summed E-state index contributed by atoms with van der Waals surface area (Å²) in [4.78, 5) is 19.2. The third-order valence-corrected chi connectivity index (χ3v) is 5.95. The Morgan fingerprint density at radius 1 is 1.33 bits per heavy atom. The normalized spacial score (nSPS) is 15.6. The Morgan fingerprint density at radius 3 is 2.71 bits per heavy atom. The number of hydrogen-bond acceptors (Lipinski definition) is 5. The molecule has 0 aliphatic carbocycles. The fraction of sp³-hybridized carbons (Fsp3) is 0.467. The average molecular weight is 375 g/mol. The monoisotopic (exact) mass is 375 g/mol. The van der Waals surface area contributed by atoms with Crippen LogP contribution >= 0.6 is 22.7 Å². The maximum absolute atomic E-state index is 12.6. The molecule has 0 spiro atoms. The lowest BCUT2D eigenvalue weighted by molar-refractivity contribution is -0.134. The van der Waals surface area contributed by atoms with Crippen molar-refractivity contribution in [1.82, 2.24) is 9.88 Å². The Kier molecular flexibility index (Phi) is 4.67. The third kappa shape index (κ3) is 3.62. The minimum atomic E-state index is -4.43. The van der Waals surface area contributed by atoms with Gasteiger partial charge in [-0.05, 0) is 26.0 Å². The van der Waals surface area contributed by atoms with Crippen molar-refractivity contribution < 1.29 is 18.0 Å². The molecule has 24 heavy (non-hydrogen) atoms. The largest absolute Gasteiger partial charge is 0.425 e. The van der Waals surface area contributed by atoms with Crippen LogP contribution in [0.4, 0.5) is 18.3 Å². The molecule has 0 saturated carbocycles. The van der Waals surface area contributed by atoms with Crippen LogP contribution in [0.3, 0.4) is 0 Å². The molecule has 130 valence electrons. The van der Waals surface area contributed by atoms with Crippen molar-refractivity contribution in [3.05, 3.63) is 32.5 Å². The molecule has 0 fully saturated rings. The van der Waals surface area contributed by atoms with Crippen LogP contribution in [0.25, 0.3) is 0 Å². The van der Waals surface area contributed by atoms with Crippen molar-refractivity contribution in [2.24, 2.45) is 0 Å². The summed E-state index contributed by atoms with van der Waals surface area (Å²) in [5, 5.41) is 3.06. The summed E-state index contributed by atoms with van der Waals surface area (Å²) in [5.41, 5.74) is 0.967. The second-order valence-corrected chi connectivity index (χ2v) is 7.99. The van der Waals surface area contributed by atoms with Gasteiger partial charge in [0.25, 0.3) is 5.91 Å². The zero-order valence-corrected chi connectivity index (χ0v) is 14.7. The van der Waals surface area contributed by atoms with Crippen LogP contribution in [-0.4, -0.2) is 28.4 Å². The van der Waals surface area contributed by atoms with Crippen LogP contribution in [0.15, 0.2) is 12.1 Å². The van der Waals surface area contributed by atoms with E-state index in [1.54, 1.807) is 0 Å². The van der Waals surface area contributed by atoms with Gasteiger partial charge in [-0.2, -0.15) is 13.2 Å². The second-order valence-electron chi connectivity index (χ2n) is 5.82. The van der Waals surface area contributed by atoms with Gasteiger partial charge in [-0.1, -0.05) is 0 Å². The van der Waals surface area contributed by atoms with E-state index in [0.717, 1.165) is 36.1 Å². The van der Waals surface area contributed by atoms with Crippen LogP contribution in [0.5, 0.6) is 0 Å². The molecule has 0 aromatic carbocycles. The number of carbonyl (C=O) groups excluding carboxylic acids is 1. The zero-order valence-electron chi connectivity index (χ0n) is 13.1. The summed E-state index contributed by atoms with van der Waals surface area (Å²) in [6.07, 6.45) is -3.61. The number of anilines is 1. The fourth-order valence-corrected chi connectivity index (χ4v) is 4.28. The van der Waals surface area contributed by atoms with E-state index in [9.17, 15) is 18.0 Å². The van der Waals surface area contributed by atoms with Gasteiger partial charge in [0.05, 0.1) is 10.6 Å². The molecule has 0 radical (unpaired) electrons. The van der Waals surface area contributed by atoms with Crippen LogP contribution in [0.1, 0.15) is 39.0 Å². The Hall–Kier alpha value is -1.45. The molecule has 1 aliphatic heterocycles. The third-order valence-electron chi connectivity index (χ3n) is 3.82. The number of hydrogen-bond donors (Lipinski definition) is 1. The van der Waals surface area contributed by atoms with Gasteiger partial charge in [-0.25, -0.2) is 4.98 Å². The van der Waals surface area contributed by atoms with Gasteiger partial charge >= 0.3 is 6.18 Å². The van der Waals surface area contributed by atoms with Gasteiger partial charge in [-0.3, -0.25) is 15.0 Å². The maximum Gasteiger partial charge on any atom is 0.425 e. The number of amides is 1. The van der Waals surface area contributed by atoms with Gasteiger partial charge in [0.1, 0.15) is 4.88 Å². The van der Waals surface area contributed by atoms with E-state index in [4.69, 9.17) is 0 Å². The highest BCUT2D eigenvalue weighted by Crippen LogP contribution is 2.35. The quantitative estimate of drug-likeness (QED) is 0.873. The first-order valence-electron chi connectivity index (χ1n) is 7.45. The minimum Gasteiger partial charge on any atom is -0.297 e. The summed E-state index contributed by atoms with van der Waals surface area (Å²) in [7, 11) is 0. The first-order chi connectivity index (χ1) is 11.2. The number of alkyl halides is 3. The second kappa shape index (κ2) is 6.45. The number of aromatic nitrogens is 1. The van der Waals surface area contributed by atoms with Crippen LogP contribution < -0.4 is 5.32 Å². The predicted molar refractivity (Wildman–Crippen MR) is 88.6 cm³/mol. The number of thiazole rings is 1. The topological polar surface area (TPSA) is 45.2 Å². The number of fused-ring (bicyclic) bond motifs is 1. The number of halogens is 3. The lowest BCUT2D eigenvalue weighted by Gasteiger charge is -2.29. The van der Waals surface area contributed by atoms with Crippen LogP contribution in [0, 0.1) is 0 Å². The highest BCUT2D eigenvalue weighted by atomic mass is 32.1. The molecule has 1 amide bonds. The Labute approximate surface area is 145 Å². The zero-order chi connectivity index (χ0) is 17.5. The molecule has 1 aliphatic rings. The summed E-state index contributed by atoms with van der Waals surface area (Å²) >= 11 is 1.83. The summed E-state index contributed by atoms with van der Waals surface area (Å²) < 4.78 is 37.8. The van der Waals surface area contributed by atoms with Crippen molar-refractivity contribution in [3.63, 3.8) is 0 Å². The first kappa shape index (κ1) is 17.4. The summed E-state index contributed by atoms with van der Waals surface area (Å²) in [6, 6.07) is 2.55. The fourth-order valence-electron chi connectivity index (χ4n) is 2.48. The molecule has 3 rings (SSSR count). The molecule has 3 heterocycles. The van der Waals surface area contributed by atoms with Gasteiger partial charge in [-0.15, -0.1) is 22.7 Å². The average Bonchev–Trinajstić information content (AvgIpc) is 3.12. The SMILES string of the molecule is CC(C)N1CCc2nc(NC(=O)c3ccc(C(F)(F)F)s3)sc2C1. The van der Waals surface area contributed by atoms with E-state index in [1.807, 2.05) is 0 Å². The van der Waals surface area contributed by atoms with Crippen molar-refractivity contribution in [2.75, 3.05) is 11.9 Å². The maximum atomic E-state index is 12.6. The molecule has 2 aromatic rings. The molecular weight excluding hydrogens is 359 g/mol. The highest BCUT2D eigenvalue weighted by molar-refractivity contribution is 7.16. The number of nitrogens with one attached hydrogen (secondary N) is 1. The Balaban J connectivity index is 1.71. The molecule has 0 saturated heterocycles. The standard InChI is InChI=1S/C15H16F3N3OS2/c1-8(2)21-6-5-9-11(7-21)24-14(19-9)20-13(22)10-3-4-12(23-10)15(16,17)18/h3-4,8H,5-7H2,1-2H3,(H,19,20,22). The van der Waals surface area contributed by atoms with Crippen LogP contribution in [0.2, 0.25) is 0 Å². The van der Waals surface area contributed by atoms with Gasteiger partial charge in [0.2, 0.25) is 0 Å². The molecule has 4 nitrogen and oxygen atoms in total. The number of nitrogens with zero attached hydrogens (tertiary/aromatic N) is 2. The number of thiophene rings is 1. The minimum absolute atomic E-state index is 0.0271. The molecular formula is C15H16F3N3OS2. The Morgan fingerprint density at radius 2 is 2.08 bits per heavy atom. The lowest BCUT2D eigenvalue weighted by atomic mass is 10.1. The van der Waals surface area contributed by atoms with Crippen molar-refractivity contribution in [2.45, 2.75) is 39.0 Å². The molecule has 0 unspecified atom stereocenters. The predicted octanol–water partition coefficient (Wildman–Crippen LogP) is 4.24. The highest BCUT2D eigenvalue weighted by Gasteiger charge is 2.33. The van der Waals surface area contributed by atoms with Crippen molar-refractivity contribution in [3.8, 4) is 0 Å². The molecule has 1 N–H and O–H groups in total. The summed E-state index contributed by atoms with van der Waals surface area (Å²) in [6.45, 7) is 5.97. The van der Waals surface area contributed by atoms with Crippen LogP contribution in [-0.2, 0) is 19.1 Å². The Bertz CT molecular complexity index is 751. The van der Waals surface area contributed by atoms with E-state index in [-0.39, 0.29) is 4.88 Å². The van der Waals surface area contributed by atoms with Gasteiger partial charge < -0.3 is 0 Å². The first-order valence-corrected chi connectivity index (χ1v) is 9.08. The number of rotatable bonds is 3. The number of carbonyl (C=O) groups is 1. The van der Waals surface area contributed by atoms with Crippen molar-refractivity contribution in [1.29, 1.82) is 0 Å². The molecule has 9 heteroatoms. The van der Waals surface area contributed by atoms with Crippen molar-refractivity contribution >= 4 is 33.7 Å². The summed E-state index contributed by atoms with van der Waals surface area (Å²) in [5.74, 6) is -0.553. The smallest absolute Gasteiger partial charge is 0.297 e. The van der Waals surface area contributed by atoms with Gasteiger partial charge in [0.15, 0.2) is 5.13 Å². The molecule has 0 bridgehead atoms. The lowest BCUT2D eigenvalue weighted by Crippen LogP contribution is -2.35. The van der Waals surface area contributed by atoms with E-state index in [0.29, 0.717) is 22.5 Å². The van der Waals surface area contributed by atoms with E-state index < -0.39 is 17.0 Å². The van der Waals surface area contributed by atoms with Gasteiger partial charge in [0, 0.05) is 30.4 Å². The molecule has 2 aromatic heterocycles. The van der Waals surface area contributed by atoms with E-state index >= 15 is 0 Å². The van der Waals surface area contributed by atoms with E-state index in [1.165, 1.54) is 17.4 Å².